The average molecular weight is 442 g/mol. The maximum absolute atomic E-state index is 12.3. The van der Waals surface area contributed by atoms with Gasteiger partial charge in [0.2, 0.25) is 11.8 Å². The fraction of sp³-hybridized carbons (Fsp3) is 0.417. The molecule has 1 aliphatic heterocycles. The number of nitrogens with one attached hydrogen (secondary N) is 1. The summed E-state index contributed by atoms with van der Waals surface area (Å²) in [5, 5.41) is 2.95. The van der Waals surface area contributed by atoms with Crippen molar-refractivity contribution in [3.05, 3.63) is 54.1 Å². The van der Waals surface area contributed by atoms with Gasteiger partial charge in [-0.15, -0.1) is 11.8 Å². The molecule has 2 aromatic rings. The van der Waals surface area contributed by atoms with E-state index >= 15 is 0 Å². The van der Waals surface area contributed by atoms with E-state index < -0.39 is 0 Å². The van der Waals surface area contributed by atoms with Crippen LogP contribution in [0.1, 0.15) is 25.3 Å². The first-order chi connectivity index (χ1) is 15.0. The molecule has 166 valence electrons. The lowest BCUT2D eigenvalue weighted by molar-refractivity contribution is -0.123. The van der Waals surface area contributed by atoms with Crippen LogP contribution in [0.5, 0.6) is 5.75 Å². The van der Waals surface area contributed by atoms with Crippen LogP contribution >= 0.6 is 11.8 Å². The van der Waals surface area contributed by atoms with Crippen molar-refractivity contribution in [2.24, 2.45) is 11.7 Å². The lowest BCUT2D eigenvalue weighted by Crippen LogP contribution is -2.39. The zero-order valence-electron chi connectivity index (χ0n) is 18.0. The van der Waals surface area contributed by atoms with Crippen LogP contribution in [0.3, 0.4) is 0 Å². The summed E-state index contributed by atoms with van der Waals surface area (Å²) in [5.74, 6) is 1.04. The number of piperidine rings is 1. The van der Waals surface area contributed by atoms with Crippen LogP contribution in [-0.2, 0) is 16.0 Å². The third-order valence-corrected chi connectivity index (χ3v) is 6.46. The van der Waals surface area contributed by atoms with Crippen LogP contribution in [-0.4, -0.2) is 48.7 Å². The third-order valence-electron chi connectivity index (χ3n) is 5.45. The van der Waals surface area contributed by atoms with Crippen molar-refractivity contribution >= 4 is 29.3 Å². The predicted octanol–water partition coefficient (Wildman–Crippen LogP) is 3.56. The van der Waals surface area contributed by atoms with Gasteiger partial charge in [-0.05, 0) is 81.2 Å². The van der Waals surface area contributed by atoms with E-state index in [0.29, 0.717) is 12.4 Å². The van der Waals surface area contributed by atoms with Crippen molar-refractivity contribution in [2.45, 2.75) is 31.1 Å². The summed E-state index contributed by atoms with van der Waals surface area (Å²) >= 11 is 1.50. The van der Waals surface area contributed by atoms with Crippen LogP contribution in [0.15, 0.2) is 53.4 Å². The van der Waals surface area contributed by atoms with Gasteiger partial charge in [0.25, 0.3) is 0 Å². The molecule has 1 heterocycles. The molecule has 6 nitrogen and oxygen atoms in total. The zero-order chi connectivity index (χ0) is 22.1. The van der Waals surface area contributed by atoms with E-state index in [9.17, 15) is 9.59 Å². The largest absolute Gasteiger partial charge is 0.494 e. The normalized spacial score (nSPS) is 14.9. The molecular weight excluding hydrogens is 410 g/mol. The molecule has 1 saturated heterocycles. The topological polar surface area (TPSA) is 84.7 Å². The SMILES string of the molecule is CCOc1ccc(SCC(=O)Nc2ccc(CCN3CCC(C(N)=O)CC3)cc2)cc1. The fourth-order valence-electron chi connectivity index (χ4n) is 3.63. The molecular formula is C24H31N3O3S. The third kappa shape index (κ3) is 7.60. The molecule has 1 fully saturated rings. The summed E-state index contributed by atoms with van der Waals surface area (Å²) in [6.07, 6.45) is 2.66. The average Bonchev–Trinajstić information content (AvgIpc) is 2.78. The van der Waals surface area contributed by atoms with Gasteiger partial charge in [-0.25, -0.2) is 0 Å². The minimum absolute atomic E-state index is 0.0241. The Balaban J connectivity index is 1.37. The summed E-state index contributed by atoms with van der Waals surface area (Å²) in [6, 6.07) is 15.8. The number of rotatable bonds is 10. The molecule has 0 spiro atoms. The van der Waals surface area contributed by atoms with Crippen LogP contribution in [0.4, 0.5) is 5.69 Å². The smallest absolute Gasteiger partial charge is 0.234 e. The lowest BCUT2D eigenvalue weighted by Gasteiger charge is -2.30. The minimum atomic E-state index is -0.171. The molecule has 2 aromatic carbocycles. The number of ether oxygens (including phenoxy) is 1. The first-order valence-electron chi connectivity index (χ1n) is 10.8. The summed E-state index contributed by atoms with van der Waals surface area (Å²) in [7, 11) is 0. The van der Waals surface area contributed by atoms with Crippen molar-refractivity contribution in [3.8, 4) is 5.75 Å². The molecule has 2 amide bonds. The van der Waals surface area contributed by atoms with Crippen molar-refractivity contribution in [2.75, 3.05) is 37.3 Å². The quantitative estimate of drug-likeness (QED) is 0.551. The number of benzene rings is 2. The van der Waals surface area contributed by atoms with E-state index in [4.69, 9.17) is 10.5 Å². The second kappa shape index (κ2) is 11.8. The number of carbonyl (C=O) groups excluding carboxylic acids is 2. The van der Waals surface area contributed by atoms with Crippen molar-refractivity contribution < 1.29 is 14.3 Å². The Morgan fingerprint density at radius 2 is 1.77 bits per heavy atom. The number of likely N-dealkylation sites (tertiary alicyclic amines) is 1. The number of nitrogens with zero attached hydrogens (tertiary/aromatic N) is 1. The molecule has 1 aliphatic rings. The van der Waals surface area contributed by atoms with E-state index in [0.717, 1.165) is 55.2 Å². The number of hydrogen-bond donors (Lipinski definition) is 2. The van der Waals surface area contributed by atoms with Gasteiger partial charge >= 0.3 is 0 Å². The van der Waals surface area contributed by atoms with E-state index in [1.807, 2.05) is 43.3 Å². The number of hydrogen-bond acceptors (Lipinski definition) is 5. The Labute approximate surface area is 188 Å². The fourth-order valence-corrected chi connectivity index (χ4v) is 4.33. The number of thioether (sulfide) groups is 1. The molecule has 0 aliphatic carbocycles. The zero-order valence-corrected chi connectivity index (χ0v) is 18.8. The molecule has 3 N–H and O–H groups in total. The number of carbonyl (C=O) groups is 2. The second-order valence-electron chi connectivity index (χ2n) is 7.71. The monoisotopic (exact) mass is 441 g/mol. The van der Waals surface area contributed by atoms with Gasteiger partial charge in [-0.3, -0.25) is 9.59 Å². The van der Waals surface area contributed by atoms with Crippen LogP contribution < -0.4 is 15.8 Å². The Morgan fingerprint density at radius 1 is 1.10 bits per heavy atom. The van der Waals surface area contributed by atoms with Crippen LogP contribution in [0.2, 0.25) is 0 Å². The van der Waals surface area contributed by atoms with E-state index in [2.05, 4.69) is 22.3 Å². The number of amides is 2. The summed E-state index contributed by atoms with van der Waals surface area (Å²) < 4.78 is 5.43. The highest BCUT2D eigenvalue weighted by atomic mass is 32.2. The minimum Gasteiger partial charge on any atom is -0.494 e. The van der Waals surface area contributed by atoms with E-state index in [-0.39, 0.29) is 17.7 Å². The number of nitrogens with two attached hydrogens (primary N) is 1. The molecule has 0 radical (unpaired) electrons. The predicted molar refractivity (Wildman–Crippen MR) is 125 cm³/mol. The molecule has 0 unspecified atom stereocenters. The van der Waals surface area contributed by atoms with Gasteiger partial charge in [-0.2, -0.15) is 0 Å². The highest BCUT2D eigenvalue weighted by Crippen LogP contribution is 2.22. The molecule has 0 atom stereocenters. The molecule has 7 heteroatoms. The highest BCUT2D eigenvalue weighted by molar-refractivity contribution is 8.00. The number of primary amides is 1. The van der Waals surface area contributed by atoms with Gasteiger partial charge < -0.3 is 20.7 Å². The van der Waals surface area contributed by atoms with Crippen molar-refractivity contribution in [1.82, 2.24) is 4.90 Å². The molecule has 0 saturated carbocycles. The highest BCUT2D eigenvalue weighted by Gasteiger charge is 2.22. The van der Waals surface area contributed by atoms with Crippen LogP contribution in [0.25, 0.3) is 0 Å². The van der Waals surface area contributed by atoms with Crippen molar-refractivity contribution in [1.29, 1.82) is 0 Å². The van der Waals surface area contributed by atoms with Gasteiger partial charge in [0, 0.05) is 23.0 Å². The van der Waals surface area contributed by atoms with Gasteiger partial charge in [-0.1, -0.05) is 12.1 Å². The van der Waals surface area contributed by atoms with Gasteiger partial charge in [0.15, 0.2) is 0 Å². The van der Waals surface area contributed by atoms with Crippen LogP contribution in [0, 0.1) is 5.92 Å². The van der Waals surface area contributed by atoms with E-state index in [1.54, 1.807) is 0 Å². The number of anilines is 1. The summed E-state index contributed by atoms with van der Waals surface area (Å²) in [4.78, 5) is 26.9. The standard InChI is InChI=1S/C24H31N3O3S/c1-2-30-21-7-9-22(10-8-21)31-17-23(28)26-20-5-3-18(4-6-20)11-14-27-15-12-19(13-16-27)24(25)29/h3-10,19H,2,11-17H2,1H3,(H2,25,29)(H,26,28). The summed E-state index contributed by atoms with van der Waals surface area (Å²) in [5.41, 5.74) is 7.44. The maximum atomic E-state index is 12.3. The maximum Gasteiger partial charge on any atom is 0.234 e. The second-order valence-corrected chi connectivity index (χ2v) is 8.76. The Kier molecular flexibility index (Phi) is 8.79. The van der Waals surface area contributed by atoms with Gasteiger partial charge in [0.05, 0.1) is 12.4 Å². The first-order valence-corrected chi connectivity index (χ1v) is 11.8. The lowest BCUT2D eigenvalue weighted by atomic mass is 9.96. The molecule has 3 rings (SSSR count). The van der Waals surface area contributed by atoms with E-state index in [1.165, 1.54) is 17.3 Å². The summed E-state index contributed by atoms with van der Waals surface area (Å²) in [6.45, 7) is 5.41. The van der Waals surface area contributed by atoms with Gasteiger partial charge in [0.1, 0.15) is 5.75 Å². The Bertz CT molecular complexity index is 847. The van der Waals surface area contributed by atoms with Crippen molar-refractivity contribution in [3.63, 3.8) is 0 Å². The molecule has 0 aromatic heterocycles. The Morgan fingerprint density at radius 3 is 2.39 bits per heavy atom. The molecule has 31 heavy (non-hydrogen) atoms. The molecule has 0 bridgehead atoms. The Hall–Kier alpha value is -2.51. The first kappa shape index (κ1) is 23.2.